The van der Waals surface area contributed by atoms with Gasteiger partial charge in [-0.25, -0.2) is 9.78 Å². The zero-order valence-electron chi connectivity index (χ0n) is 9.51. The minimum Gasteiger partial charge on any atom is -0.464 e. The highest BCUT2D eigenvalue weighted by Crippen LogP contribution is 2.40. The van der Waals surface area contributed by atoms with Crippen LogP contribution < -0.4 is 0 Å². The Bertz CT molecular complexity index is 591. The quantitative estimate of drug-likeness (QED) is 0.740. The van der Waals surface area contributed by atoms with Gasteiger partial charge in [0.1, 0.15) is 0 Å². The largest absolute Gasteiger partial charge is 0.464 e. The molecule has 1 fully saturated rings. The molecule has 4 heteroatoms. The molecule has 0 unspecified atom stereocenters. The Labute approximate surface area is 98.6 Å². The molecule has 1 heterocycles. The number of rotatable bonds is 2. The number of fused-ring (bicyclic) bond motifs is 1. The van der Waals surface area contributed by atoms with E-state index in [1.165, 1.54) is 31.7 Å². The third-order valence-electron chi connectivity index (χ3n) is 3.01. The van der Waals surface area contributed by atoms with Gasteiger partial charge < -0.3 is 4.74 Å². The number of methoxy groups -OCH3 is 1. The maximum Gasteiger partial charge on any atom is 0.358 e. The summed E-state index contributed by atoms with van der Waals surface area (Å²) in [4.78, 5) is 19.8. The van der Waals surface area contributed by atoms with Crippen LogP contribution in [0, 0.1) is 0 Å². The van der Waals surface area contributed by atoms with Crippen molar-refractivity contribution < 1.29 is 9.53 Å². The van der Waals surface area contributed by atoms with E-state index in [0.717, 1.165) is 11.0 Å². The molecule has 4 nitrogen and oxygen atoms in total. The van der Waals surface area contributed by atoms with Crippen LogP contribution in [0.15, 0.2) is 24.4 Å². The highest BCUT2D eigenvalue weighted by molar-refractivity contribution is 5.89. The topological polar surface area (TPSA) is 52.1 Å². The molecule has 1 aromatic heterocycles. The van der Waals surface area contributed by atoms with E-state index < -0.39 is 5.97 Å². The molecule has 3 rings (SSSR count). The van der Waals surface area contributed by atoms with Crippen molar-refractivity contribution in [3.05, 3.63) is 35.7 Å². The number of benzene rings is 1. The van der Waals surface area contributed by atoms with Gasteiger partial charge in [-0.2, -0.15) is 0 Å². The van der Waals surface area contributed by atoms with Gasteiger partial charge in [0.05, 0.1) is 24.3 Å². The number of hydrogen-bond acceptors (Lipinski definition) is 4. The van der Waals surface area contributed by atoms with Crippen LogP contribution in [0.1, 0.15) is 34.8 Å². The van der Waals surface area contributed by atoms with Crippen LogP contribution in [0.4, 0.5) is 0 Å². The van der Waals surface area contributed by atoms with Crippen LogP contribution in [-0.4, -0.2) is 23.0 Å². The molecule has 1 saturated carbocycles. The van der Waals surface area contributed by atoms with Gasteiger partial charge in [0, 0.05) is 0 Å². The van der Waals surface area contributed by atoms with E-state index in [0.29, 0.717) is 5.92 Å². The van der Waals surface area contributed by atoms with E-state index in [2.05, 4.69) is 26.8 Å². The van der Waals surface area contributed by atoms with Gasteiger partial charge in [0.2, 0.25) is 0 Å². The molecular weight excluding hydrogens is 216 g/mol. The first-order chi connectivity index (χ1) is 8.28. The minimum absolute atomic E-state index is 0.249. The Morgan fingerprint density at radius 3 is 2.88 bits per heavy atom. The molecule has 0 bridgehead atoms. The molecule has 0 aliphatic heterocycles. The standard InChI is InChI=1S/C13H12N2O2/c1-17-13(16)12-7-14-11-6-9(8-2-3-8)4-5-10(11)15-12/h4-8H,2-3H2,1H3. The average Bonchev–Trinajstić information content (AvgIpc) is 3.21. The van der Waals surface area contributed by atoms with Gasteiger partial charge in [-0.15, -0.1) is 0 Å². The molecule has 0 spiro atoms. The monoisotopic (exact) mass is 228 g/mol. The number of aromatic nitrogens is 2. The number of nitrogens with zero attached hydrogens (tertiary/aromatic N) is 2. The van der Waals surface area contributed by atoms with E-state index in [4.69, 9.17) is 0 Å². The summed E-state index contributed by atoms with van der Waals surface area (Å²) >= 11 is 0. The smallest absolute Gasteiger partial charge is 0.358 e. The van der Waals surface area contributed by atoms with E-state index in [1.807, 2.05) is 6.07 Å². The van der Waals surface area contributed by atoms with E-state index in [1.54, 1.807) is 0 Å². The average molecular weight is 228 g/mol. The predicted molar refractivity (Wildman–Crippen MR) is 62.9 cm³/mol. The van der Waals surface area contributed by atoms with E-state index >= 15 is 0 Å². The van der Waals surface area contributed by atoms with Crippen LogP contribution in [0.5, 0.6) is 0 Å². The Balaban J connectivity index is 2.05. The molecule has 86 valence electrons. The molecule has 0 saturated heterocycles. The number of hydrogen-bond donors (Lipinski definition) is 0. The van der Waals surface area contributed by atoms with Gasteiger partial charge >= 0.3 is 5.97 Å². The molecule has 0 amide bonds. The van der Waals surface area contributed by atoms with Gasteiger partial charge in [-0.3, -0.25) is 4.98 Å². The van der Waals surface area contributed by atoms with Crippen LogP contribution in [-0.2, 0) is 4.74 Å². The van der Waals surface area contributed by atoms with Crippen molar-refractivity contribution >= 4 is 17.0 Å². The molecule has 1 aliphatic rings. The minimum atomic E-state index is -0.453. The Hall–Kier alpha value is -1.97. The predicted octanol–water partition coefficient (Wildman–Crippen LogP) is 2.29. The second-order valence-corrected chi connectivity index (χ2v) is 4.27. The van der Waals surface area contributed by atoms with Crippen molar-refractivity contribution in [2.45, 2.75) is 18.8 Å². The van der Waals surface area contributed by atoms with Crippen LogP contribution in [0.2, 0.25) is 0 Å². The molecular formula is C13H12N2O2. The first-order valence-corrected chi connectivity index (χ1v) is 5.63. The van der Waals surface area contributed by atoms with Crippen LogP contribution in [0.3, 0.4) is 0 Å². The summed E-state index contributed by atoms with van der Waals surface area (Å²) in [5, 5.41) is 0. The summed E-state index contributed by atoms with van der Waals surface area (Å²) in [7, 11) is 1.34. The van der Waals surface area contributed by atoms with Crippen molar-refractivity contribution in [3.63, 3.8) is 0 Å². The highest BCUT2D eigenvalue weighted by Gasteiger charge is 2.23. The fourth-order valence-electron chi connectivity index (χ4n) is 1.90. The highest BCUT2D eigenvalue weighted by atomic mass is 16.5. The lowest BCUT2D eigenvalue weighted by Gasteiger charge is -2.02. The first-order valence-electron chi connectivity index (χ1n) is 5.63. The maximum absolute atomic E-state index is 11.3. The zero-order valence-corrected chi connectivity index (χ0v) is 9.51. The van der Waals surface area contributed by atoms with E-state index in [-0.39, 0.29) is 5.69 Å². The second kappa shape index (κ2) is 3.80. The summed E-state index contributed by atoms with van der Waals surface area (Å²) in [6.45, 7) is 0. The fraction of sp³-hybridized carbons (Fsp3) is 0.308. The molecule has 0 N–H and O–H groups in total. The Kier molecular flexibility index (Phi) is 2.28. The lowest BCUT2D eigenvalue weighted by molar-refractivity contribution is 0.0594. The van der Waals surface area contributed by atoms with Crippen LogP contribution in [0.25, 0.3) is 11.0 Å². The summed E-state index contributed by atoms with van der Waals surface area (Å²) in [6.07, 6.45) is 3.99. The Morgan fingerprint density at radius 2 is 2.18 bits per heavy atom. The molecule has 1 aromatic carbocycles. The summed E-state index contributed by atoms with van der Waals surface area (Å²) < 4.78 is 4.62. The van der Waals surface area contributed by atoms with Crippen molar-refractivity contribution in [1.29, 1.82) is 0 Å². The van der Waals surface area contributed by atoms with E-state index in [9.17, 15) is 4.79 Å². The lowest BCUT2D eigenvalue weighted by Crippen LogP contribution is -2.05. The fourth-order valence-corrected chi connectivity index (χ4v) is 1.90. The lowest BCUT2D eigenvalue weighted by atomic mass is 10.1. The SMILES string of the molecule is COC(=O)c1cnc2cc(C3CC3)ccc2n1. The number of ether oxygens (including phenoxy) is 1. The van der Waals surface area contributed by atoms with Crippen molar-refractivity contribution in [3.8, 4) is 0 Å². The van der Waals surface area contributed by atoms with Gasteiger partial charge in [-0.1, -0.05) is 6.07 Å². The van der Waals surface area contributed by atoms with Crippen molar-refractivity contribution in [1.82, 2.24) is 9.97 Å². The first kappa shape index (κ1) is 10.2. The molecule has 1 aliphatic carbocycles. The summed E-state index contributed by atoms with van der Waals surface area (Å²) in [5.41, 5.74) is 3.14. The number of carbonyl (C=O) groups is 1. The van der Waals surface area contributed by atoms with Crippen molar-refractivity contribution in [2.75, 3.05) is 7.11 Å². The maximum atomic E-state index is 11.3. The van der Waals surface area contributed by atoms with Gasteiger partial charge in [0.15, 0.2) is 5.69 Å². The number of esters is 1. The zero-order chi connectivity index (χ0) is 11.8. The van der Waals surface area contributed by atoms with Crippen LogP contribution >= 0.6 is 0 Å². The van der Waals surface area contributed by atoms with Gasteiger partial charge in [-0.05, 0) is 36.5 Å². The van der Waals surface area contributed by atoms with Gasteiger partial charge in [0.25, 0.3) is 0 Å². The second-order valence-electron chi connectivity index (χ2n) is 4.27. The molecule has 0 radical (unpaired) electrons. The summed E-state index contributed by atoms with van der Waals surface area (Å²) in [6, 6.07) is 6.04. The Morgan fingerprint density at radius 1 is 1.35 bits per heavy atom. The molecule has 17 heavy (non-hydrogen) atoms. The number of carbonyl (C=O) groups excluding carboxylic acids is 1. The summed E-state index contributed by atoms with van der Waals surface area (Å²) in [5.74, 6) is 0.243. The third-order valence-corrected chi connectivity index (χ3v) is 3.01. The molecule has 0 atom stereocenters. The molecule has 2 aromatic rings. The van der Waals surface area contributed by atoms with Crippen molar-refractivity contribution in [2.24, 2.45) is 0 Å². The normalized spacial score (nSPS) is 14.9. The third kappa shape index (κ3) is 1.86.